The molecule has 0 unspecified atom stereocenters. The maximum Gasteiger partial charge on any atom is 0.417 e. The van der Waals surface area contributed by atoms with E-state index in [1.807, 2.05) is 35.2 Å². The van der Waals surface area contributed by atoms with Crippen LogP contribution in [0.25, 0.3) is 10.9 Å². The second-order valence-corrected chi connectivity index (χ2v) is 7.60. The lowest BCUT2D eigenvalue weighted by atomic mass is 9.95. The second-order valence-electron chi connectivity index (χ2n) is 7.19. The van der Waals surface area contributed by atoms with E-state index >= 15 is 0 Å². The lowest BCUT2D eigenvalue weighted by Gasteiger charge is -2.32. The molecular weight excluding hydrogens is 417 g/mol. The van der Waals surface area contributed by atoms with Gasteiger partial charge < -0.3 is 10.2 Å². The normalized spacial score (nSPS) is 15.4. The predicted molar refractivity (Wildman–Crippen MR) is 110 cm³/mol. The second kappa shape index (κ2) is 8.10. The van der Waals surface area contributed by atoms with Gasteiger partial charge in [0.25, 0.3) is 0 Å². The van der Waals surface area contributed by atoms with Gasteiger partial charge in [-0.1, -0.05) is 29.8 Å². The van der Waals surface area contributed by atoms with Crippen LogP contribution in [0, 0.1) is 5.92 Å². The first kappa shape index (κ1) is 20.4. The first-order valence-electron chi connectivity index (χ1n) is 9.44. The maximum absolute atomic E-state index is 12.8. The van der Waals surface area contributed by atoms with Crippen molar-refractivity contribution in [3.8, 4) is 0 Å². The summed E-state index contributed by atoms with van der Waals surface area (Å²) in [5, 5.41) is 3.80. The fraction of sp³-hybridized carbons (Fsp3) is 0.286. The Morgan fingerprint density at radius 3 is 2.53 bits per heavy atom. The van der Waals surface area contributed by atoms with Gasteiger partial charge in [-0.25, -0.2) is 4.98 Å². The van der Waals surface area contributed by atoms with Crippen LogP contribution < -0.4 is 10.2 Å². The van der Waals surface area contributed by atoms with E-state index < -0.39 is 11.7 Å². The molecule has 1 amide bonds. The molecule has 0 aliphatic carbocycles. The van der Waals surface area contributed by atoms with Crippen molar-refractivity contribution in [3.63, 3.8) is 0 Å². The van der Waals surface area contributed by atoms with Gasteiger partial charge in [-0.15, -0.1) is 0 Å². The number of pyridine rings is 2. The Hall–Kier alpha value is -2.87. The highest BCUT2D eigenvalue weighted by molar-refractivity contribution is 6.33. The number of piperidine rings is 1. The number of halogens is 4. The van der Waals surface area contributed by atoms with E-state index in [4.69, 9.17) is 11.6 Å². The number of nitrogens with zero attached hydrogens (tertiary/aromatic N) is 3. The minimum absolute atomic E-state index is 0.0463. The van der Waals surface area contributed by atoms with Crippen LogP contribution in [0.15, 0.2) is 48.8 Å². The van der Waals surface area contributed by atoms with Crippen molar-refractivity contribution in [3.05, 3.63) is 59.4 Å². The largest absolute Gasteiger partial charge is 0.417 e. The van der Waals surface area contributed by atoms with Crippen molar-refractivity contribution in [1.82, 2.24) is 9.97 Å². The van der Waals surface area contributed by atoms with Crippen LogP contribution in [0.4, 0.5) is 24.7 Å². The Bertz CT molecular complexity index is 1080. The summed E-state index contributed by atoms with van der Waals surface area (Å²) in [6.07, 6.45) is -0.983. The third-order valence-corrected chi connectivity index (χ3v) is 5.45. The third kappa shape index (κ3) is 4.33. The average Bonchev–Trinajstić information content (AvgIpc) is 2.73. The quantitative estimate of drug-likeness (QED) is 0.618. The first-order valence-corrected chi connectivity index (χ1v) is 9.82. The third-order valence-electron chi connectivity index (χ3n) is 5.17. The molecule has 1 aromatic carbocycles. The van der Waals surface area contributed by atoms with Crippen LogP contribution in [0.2, 0.25) is 5.02 Å². The Morgan fingerprint density at radius 2 is 1.83 bits per heavy atom. The molecule has 0 bridgehead atoms. The number of aromatic nitrogens is 2. The fourth-order valence-corrected chi connectivity index (χ4v) is 3.84. The minimum atomic E-state index is -4.49. The van der Waals surface area contributed by atoms with Crippen molar-refractivity contribution in [2.75, 3.05) is 23.3 Å². The summed E-state index contributed by atoms with van der Waals surface area (Å²) >= 11 is 6.03. The molecule has 5 nitrogen and oxygen atoms in total. The highest BCUT2D eigenvalue weighted by atomic mass is 35.5. The number of amides is 1. The summed E-state index contributed by atoms with van der Waals surface area (Å²) in [7, 11) is 0. The number of alkyl halides is 3. The highest BCUT2D eigenvalue weighted by Crippen LogP contribution is 2.34. The van der Waals surface area contributed by atoms with Gasteiger partial charge in [0.15, 0.2) is 0 Å². The van der Waals surface area contributed by atoms with Crippen molar-refractivity contribution in [2.45, 2.75) is 19.0 Å². The van der Waals surface area contributed by atoms with Gasteiger partial charge in [0.2, 0.25) is 5.91 Å². The number of rotatable bonds is 3. The van der Waals surface area contributed by atoms with Crippen molar-refractivity contribution < 1.29 is 18.0 Å². The number of hydrogen-bond acceptors (Lipinski definition) is 4. The molecule has 9 heteroatoms. The standard InChI is InChI=1S/C21H18ClF3N4O/c22-17-10-15(21(23,24)25)11-27-19(17)29-7-5-13(6-8-29)20(30)28-16-9-14-3-1-2-4-18(14)26-12-16/h1-4,9-13H,5-8H2,(H,28,30). The molecule has 1 N–H and O–H groups in total. The number of para-hydroxylation sites is 1. The minimum Gasteiger partial charge on any atom is -0.355 e. The zero-order valence-corrected chi connectivity index (χ0v) is 16.5. The van der Waals surface area contributed by atoms with Crippen LogP contribution in [-0.2, 0) is 11.0 Å². The van der Waals surface area contributed by atoms with Crippen molar-refractivity contribution in [1.29, 1.82) is 0 Å². The van der Waals surface area contributed by atoms with Crippen LogP contribution in [0.5, 0.6) is 0 Å². The van der Waals surface area contributed by atoms with Gasteiger partial charge in [0.1, 0.15) is 5.82 Å². The number of anilines is 2. The molecular formula is C21H18ClF3N4O. The molecule has 4 rings (SSSR count). The van der Waals surface area contributed by atoms with Crippen LogP contribution in [-0.4, -0.2) is 29.0 Å². The number of hydrogen-bond donors (Lipinski definition) is 1. The van der Waals surface area contributed by atoms with E-state index in [2.05, 4.69) is 15.3 Å². The Morgan fingerprint density at radius 1 is 1.10 bits per heavy atom. The fourth-order valence-electron chi connectivity index (χ4n) is 3.56. The lowest BCUT2D eigenvalue weighted by Crippen LogP contribution is -2.38. The summed E-state index contributed by atoms with van der Waals surface area (Å²) in [5.74, 6) is 0.00130. The van der Waals surface area contributed by atoms with E-state index in [-0.39, 0.29) is 16.8 Å². The van der Waals surface area contributed by atoms with Crippen LogP contribution in [0.1, 0.15) is 18.4 Å². The molecule has 3 aromatic rings. The molecule has 1 aliphatic heterocycles. The lowest BCUT2D eigenvalue weighted by molar-refractivity contribution is -0.137. The molecule has 2 aromatic heterocycles. The number of fused-ring (bicyclic) bond motifs is 1. The average molecular weight is 435 g/mol. The van der Waals surface area contributed by atoms with Crippen LogP contribution >= 0.6 is 11.6 Å². The number of carbonyl (C=O) groups is 1. The van der Waals surface area contributed by atoms with Crippen molar-refractivity contribution >= 4 is 39.9 Å². The van der Waals surface area contributed by atoms with Crippen molar-refractivity contribution in [2.24, 2.45) is 5.92 Å². The summed E-state index contributed by atoms with van der Waals surface area (Å²) in [5.41, 5.74) is 0.604. The van der Waals surface area contributed by atoms with Crippen LogP contribution in [0.3, 0.4) is 0 Å². The topological polar surface area (TPSA) is 58.1 Å². The number of nitrogens with one attached hydrogen (secondary N) is 1. The summed E-state index contributed by atoms with van der Waals surface area (Å²) in [6.45, 7) is 0.957. The Labute approximate surface area is 175 Å². The van der Waals surface area contributed by atoms with Gasteiger partial charge in [0.05, 0.1) is 28.0 Å². The Kier molecular flexibility index (Phi) is 5.51. The van der Waals surface area contributed by atoms with E-state index in [9.17, 15) is 18.0 Å². The molecule has 0 saturated carbocycles. The Balaban J connectivity index is 1.38. The molecule has 0 atom stereocenters. The monoisotopic (exact) mass is 434 g/mol. The molecule has 30 heavy (non-hydrogen) atoms. The van der Waals surface area contributed by atoms with Gasteiger partial charge >= 0.3 is 6.18 Å². The van der Waals surface area contributed by atoms with Gasteiger partial charge in [-0.3, -0.25) is 9.78 Å². The predicted octanol–water partition coefficient (Wildman–Crippen LogP) is 5.16. The molecule has 1 aliphatic rings. The zero-order valence-electron chi connectivity index (χ0n) is 15.8. The molecule has 156 valence electrons. The molecule has 3 heterocycles. The SMILES string of the molecule is O=C(Nc1cnc2ccccc2c1)C1CCN(c2ncc(C(F)(F)F)cc2Cl)CC1. The van der Waals surface area contributed by atoms with Gasteiger partial charge in [-0.05, 0) is 31.0 Å². The molecule has 0 radical (unpaired) electrons. The van der Waals surface area contributed by atoms with E-state index in [0.29, 0.717) is 37.4 Å². The first-order chi connectivity index (χ1) is 14.3. The van der Waals surface area contributed by atoms with Gasteiger partial charge in [-0.2, -0.15) is 13.2 Å². The number of benzene rings is 1. The zero-order chi connectivity index (χ0) is 21.3. The molecule has 0 spiro atoms. The van der Waals surface area contributed by atoms with E-state index in [1.54, 1.807) is 6.20 Å². The maximum atomic E-state index is 12.8. The van der Waals surface area contributed by atoms with E-state index in [0.717, 1.165) is 23.2 Å². The summed E-state index contributed by atoms with van der Waals surface area (Å²) < 4.78 is 38.4. The summed E-state index contributed by atoms with van der Waals surface area (Å²) in [6, 6.07) is 10.4. The summed E-state index contributed by atoms with van der Waals surface area (Å²) in [4.78, 5) is 22.7. The van der Waals surface area contributed by atoms with Gasteiger partial charge in [0, 0.05) is 30.6 Å². The molecule has 1 fully saturated rings. The number of carbonyl (C=O) groups excluding carboxylic acids is 1. The molecule has 1 saturated heterocycles. The highest BCUT2D eigenvalue weighted by Gasteiger charge is 2.33. The van der Waals surface area contributed by atoms with E-state index in [1.165, 1.54) is 0 Å². The smallest absolute Gasteiger partial charge is 0.355 e.